The first kappa shape index (κ1) is 11.5. The fraction of sp³-hybridized carbons (Fsp3) is 0.917. The van der Waals surface area contributed by atoms with Crippen molar-refractivity contribution < 1.29 is 9.90 Å². The maximum atomic E-state index is 11.2. The lowest BCUT2D eigenvalue weighted by molar-refractivity contribution is -0.147. The molecule has 0 amide bonds. The summed E-state index contributed by atoms with van der Waals surface area (Å²) >= 11 is 0. The highest BCUT2D eigenvalue weighted by Gasteiger charge is 2.41. The Hall–Kier alpha value is -0.530. The Morgan fingerprint density at radius 2 is 1.86 bits per heavy atom. The van der Waals surface area contributed by atoms with Crippen molar-refractivity contribution >= 4 is 5.97 Å². The minimum Gasteiger partial charge on any atom is -0.481 e. The first-order chi connectivity index (χ1) is 6.46. The molecule has 0 heterocycles. The summed E-state index contributed by atoms with van der Waals surface area (Å²) in [6.07, 6.45) is 5.43. The largest absolute Gasteiger partial charge is 0.481 e. The van der Waals surface area contributed by atoms with Crippen LogP contribution in [0.15, 0.2) is 0 Å². The molecule has 0 saturated heterocycles. The van der Waals surface area contributed by atoms with Crippen molar-refractivity contribution in [2.75, 3.05) is 0 Å². The molecule has 2 nitrogen and oxygen atoms in total. The van der Waals surface area contributed by atoms with E-state index < -0.39 is 5.97 Å². The molecule has 82 valence electrons. The lowest BCUT2D eigenvalue weighted by Crippen LogP contribution is -2.32. The van der Waals surface area contributed by atoms with Crippen LogP contribution in [0, 0.1) is 17.3 Å². The van der Waals surface area contributed by atoms with Crippen LogP contribution in [0.1, 0.15) is 52.9 Å². The lowest BCUT2D eigenvalue weighted by atomic mass is 9.72. The van der Waals surface area contributed by atoms with Crippen LogP contribution in [0.2, 0.25) is 0 Å². The Morgan fingerprint density at radius 1 is 1.36 bits per heavy atom. The van der Waals surface area contributed by atoms with Crippen LogP contribution in [-0.2, 0) is 4.79 Å². The van der Waals surface area contributed by atoms with Crippen LogP contribution in [0.5, 0.6) is 0 Å². The van der Waals surface area contributed by atoms with E-state index in [1.165, 1.54) is 12.8 Å². The van der Waals surface area contributed by atoms with Crippen molar-refractivity contribution in [3.05, 3.63) is 0 Å². The van der Waals surface area contributed by atoms with Crippen LogP contribution in [0.4, 0.5) is 0 Å². The van der Waals surface area contributed by atoms with Crippen molar-refractivity contribution in [1.82, 2.24) is 0 Å². The third kappa shape index (κ3) is 2.49. The molecule has 1 aliphatic carbocycles. The Labute approximate surface area is 86.7 Å². The van der Waals surface area contributed by atoms with E-state index in [0.29, 0.717) is 5.92 Å². The molecule has 0 bridgehead atoms. The molecule has 1 fully saturated rings. The Balaban J connectivity index is 2.70. The molecule has 0 radical (unpaired) electrons. The third-order valence-corrected chi connectivity index (χ3v) is 3.59. The molecule has 2 heteroatoms. The summed E-state index contributed by atoms with van der Waals surface area (Å²) in [6.45, 7) is 6.36. The van der Waals surface area contributed by atoms with Gasteiger partial charge in [-0.2, -0.15) is 0 Å². The molecule has 1 aliphatic rings. The van der Waals surface area contributed by atoms with E-state index >= 15 is 0 Å². The molecule has 1 saturated carbocycles. The van der Waals surface area contributed by atoms with Gasteiger partial charge >= 0.3 is 5.97 Å². The second-order valence-corrected chi connectivity index (χ2v) is 5.38. The van der Waals surface area contributed by atoms with Gasteiger partial charge < -0.3 is 5.11 Å². The normalized spacial score (nSPS) is 22.6. The fourth-order valence-electron chi connectivity index (χ4n) is 2.69. The summed E-state index contributed by atoms with van der Waals surface area (Å²) in [6, 6.07) is 0. The predicted octanol–water partition coefficient (Wildman–Crippen LogP) is 3.31. The molecule has 0 spiro atoms. The van der Waals surface area contributed by atoms with Crippen molar-refractivity contribution in [1.29, 1.82) is 0 Å². The zero-order chi connectivity index (χ0) is 10.8. The number of rotatable bonds is 4. The first-order valence-corrected chi connectivity index (χ1v) is 5.68. The van der Waals surface area contributed by atoms with Crippen LogP contribution in [0.3, 0.4) is 0 Å². The molecule has 1 unspecified atom stereocenters. The number of hydrogen-bond acceptors (Lipinski definition) is 1. The topological polar surface area (TPSA) is 37.3 Å². The van der Waals surface area contributed by atoms with Crippen molar-refractivity contribution in [2.45, 2.75) is 52.9 Å². The van der Waals surface area contributed by atoms with E-state index in [1.54, 1.807) is 0 Å². The second kappa shape index (κ2) is 4.33. The summed E-state index contributed by atoms with van der Waals surface area (Å²) in [5.74, 6) is -0.248. The minimum atomic E-state index is -0.594. The Bertz CT molecular complexity index is 202. The first-order valence-electron chi connectivity index (χ1n) is 5.68. The molecule has 1 rings (SSSR count). The summed E-state index contributed by atoms with van der Waals surface area (Å²) in [4.78, 5) is 11.2. The van der Waals surface area contributed by atoms with Gasteiger partial charge in [0.05, 0.1) is 5.92 Å². The zero-order valence-electron chi connectivity index (χ0n) is 9.55. The van der Waals surface area contributed by atoms with Crippen LogP contribution in [-0.4, -0.2) is 11.1 Å². The van der Waals surface area contributed by atoms with Crippen molar-refractivity contribution in [3.63, 3.8) is 0 Å². The van der Waals surface area contributed by atoms with E-state index in [4.69, 9.17) is 0 Å². The average molecular weight is 198 g/mol. The van der Waals surface area contributed by atoms with E-state index in [1.807, 2.05) is 0 Å². The van der Waals surface area contributed by atoms with Gasteiger partial charge in [-0.25, -0.2) is 0 Å². The number of carboxylic acids is 1. The van der Waals surface area contributed by atoms with Gasteiger partial charge in [0.1, 0.15) is 0 Å². The molecule has 0 aromatic carbocycles. The van der Waals surface area contributed by atoms with Crippen LogP contribution in [0.25, 0.3) is 0 Å². The SMILES string of the molecule is CC(C)CC(C(=O)O)C1(C)CCCC1. The molecule has 1 atom stereocenters. The van der Waals surface area contributed by atoms with Crippen molar-refractivity contribution in [2.24, 2.45) is 17.3 Å². The smallest absolute Gasteiger partial charge is 0.307 e. The highest BCUT2D eigenvalue weighted by atomic mass is 16.4. The second-order valence-electron chi connectivity index (χ2n) is 5.38. The number of hydrogen-bond donors (Lipinski definition) is 1. The average Bonchev–Trinajstić information content (AvgIpc) is 2.48. The maximum Gasteiger partial charge on any atom is 0.307 e. The minimum absolute atomic E-state index is 0.0656. The standard InChI is InChI=1S/C12H22O2/c1-9(2)8-10(11(13)14)12(3)6-4-5-7-12/h9-10H,4-8H2,1-3H3,(H,13,14). The Morgan fingerprint density at radius 3 is 2.21 bits per heavy atom. The quantitative estimate of drug-likeness (QED) is 0.752. The van der Waals surface area contributed by atoms with Gasteiger partial charge in [0, 0.05) is 0 Å². The summed E-state index contributed by atoms with van der Waals surface area (Å²) < 4.78 is 0. The number of carboxylic acid groups (broad SMARTS) is 1. The van der Waals surface area contributed by atoms with E-state index in [9.17, 15) is 9.90 Å². The van der Waals surface area contributed by atoms with Crippen LogP contribution < -0.4 is 0 Å². The van der Waals surface area contributed by atoms with Gasteiger partial charge in [-0.05, 0) is 30.6 Å². The number of carbonyl (C=O) groups is 1. The van der Waals surface area contributed by atoms with Gasteiger partial charge in [0.15, 0.2) is 0 Å². The summed E-state index contributed by atoms with van der Waals surface area (Å²) in [5, 5.41) is 9.25. The van der Waals surface area contributed by atoms with E-state index in [0.717, 1.165) is 19.3 Å². The van der Waals surface area contributed by atoms with E-state index in [-0.39, 0.29) is 11.3 Å². The molecule has 14 heavy (non-hydrogen) atoms. The van der Waals surface area contributed by atoms with Gasteiger partial charge in [-0.3, -0.25) is 4.79 Å². The molecular weight excluding hydrogens is 176 g/mol. The molecule has 1 N–H and O–H groups in total. The Kier molecular flexibility index (Phi) is 3.57. The third-order valence-electron chi connectivity index (χ3n) is 3.59. The van der Waals surface area contributed by atoms with Gasteiger partial charge in [-0.15, -0.1) is 0 Å². The predicted molar refractivity (Wildman–Crippen MR) is 57.2 cm³/mol. The number of aliphatic carboxylic acids is 1. The van der Waals surface area contributed by atoms with Gasteiger partial charge in [0.25, 0.3) is 0 Å². The lowest BCUT2D eigenvalue weighted by Gasteiger charge is -2.32. The van der Waals surface area contributed by atoms with Crippen LogP contribution >= 0.6 is 0 Å². The van der Waals surface area contributed by atoms with Gasteiger partial charge in [0.2, 0.25) is 0 Å². The summed E-state index contributed by atoms with van der Waals surface area (Å²) in [7, 11) is 0. The molecular formula is C12H22O2. The van der Waals surface area contributed by atoms with Gasteiger partial charge in [-0.1, -0.05) is 33.6 Å². The van der Waals surface area contributed by atoms with Crippen molar-refractivity contribution in [3.8, 4) is 0 Å². The molecule has 0 aromatic heterocycles. The zero-order valence-corrected chi connectivity index (χ0v) is 9.55. The maximum absolute atomic E-state index is 11.2. The highest BCUT2D eigenvalue weighted by molar-refractivity contribution is 5.71. The molecule has 0 aliphatic heterocycles. The summed E-state index contributed by atoms with van der Waals surface area (Å²) in [5.41, 5.74) is 0.0656. The fourth-order valence-corrected chi connectivity index (χ4v) is 2.69. The highest BCUT2D eigenvalue weighted by Crippen LogP contribution is 2.46. The monoisotopic (exact) mass is 198 g/mol. The molecule has 0 aromatic rings. The van der Waals surface area contributed by atoms with E-state index in [2.05, 4.69) is 20.8 Å².